The van der Waals surface area contributed by atoms with Gasteiger partial charge in [0, 0.05) is 18.3 Å². The second-order valence-electron chi connectivity index (χ2n) is 7.62. The first-order chi connectivity index (χ1) is 13.5. The average Bonchev–Trinajstić information content (AvgIpc) is 3.32. The lowest BCUT2D eigenvalue weighted by Crippen LogP contribution is -2.53. The van der Waals surface area contributed by atoms with Crippen LogP contribution in [0.3, 0.4) is 0 Å². The van der Waals surface area contributed by atoms with E-state index in [1.165, 1.54) is 23.5 Å². The number of nitrogens with zero attached hydrogens (tertiary/aromatic N) is 3. The maximum atomic E-state index is 13.5. The fourth-order valence-corrected chi connectivity index (χ4v) is 5.62. The van der Waals surface area contributed by atoms with Crippen molar-refractivity contribution in [2.24, 2.45) is 5.92 Å². The van der Waals surface area contributed by atoms with Crippen LogP contribution in [0.4, 0.5) is 4.39 Å². The van der Waals surface area contributed by atoms with Crippen LogP contribution in [0.25, 0.3) is 11.1 Å². The lowest BCUT2D eigenvalue weighted by atomic mass is 9.67. The van der Waals surface area contributed by atoms with Gasteiger partial charge in [0.05, 0.1) is 4.88 Å². The maximum absolute atomic E-state index is 13.5. The predicted octanol–water partition coefficient (Wildman–Crippen LogP) is 4.71. The average molecular weight is 397 g/mol. The van der Waals surface area contributed by atoms with Gasteiger partial charge in [0.2, 0.25) is 11.8 Å². The second kappa shape index (κ2) is 6.24. The minimum absolute atomic E-state index is 0.0134. The highest BCUT2D eigenvalue weighted by molar-refractivity contribution is 7.14. The van der Waals surface area contributed by atoms with Crippen LogP contribution < -0.4 is 0 Å². The normalized spacial score (nSPS) is 23.5. The van der Waals surface area contributed by atoms with E-state index in [1.54, 1.807) is 19.1 Å². The van der Waals surface area contributed by atoms with Crippen LogP contribution in [0.1, 0.15) is 45.6 Å². The zero-order valence-electron chi connectivity index (χ0n) is 15.7. The van der Waals surface area contributed by atoms with Crippen LogP contribution in [-0.2, 0) is 5.54 Å². The van der Waals surface area contributed by atoms with Crippen molar-refractivity contribution >= 4 is 17.2 Å². The van der Waals surface area contributed by atoms with E-state index in [0.29, 0.717) is 29.1 Å². The Kier molecular flexibility index (Phi) is 3.91. The number of benzene rings is 1. The minimum atomic E-state index is -0.452. The summed E-state index contributed by atoms with van der Waals surface area (Å²) in [6, 6.07) is 8.31. The highest BCUT2D eigenvalue weighted by Gasteiger charge is 2.61. The number of aromatic nitrogens is 2. The molecule has 0 bridgehead atoms. The van der Waals surface area contributed by atoms with Crippen molar-refractivity contribution < 1.29 is 13.6 Å². The van der Waals surface area contributed by atoms with Gasteiger partial charge in [-0.3, -0.25) is 4.79 Å². The molecule has 2 aliphatic rings. The number of hydrogen-bond acceptors (Lipinski definition) is 5. The van der Waals surface area contributed by atoms with Gasteiger partial charge < -0.3 is 9.32 Å². The molecule has 1 aliphatic heterocycles. The number of carbonyl (C=O) groups is 1. The van der Waals surface area contributed by atoms with Gasteiger partial charge in [-0.25, -0.2) is 4.39 Å². The smallest absolute Gasteiger partial charge is 0.264 e. The summed E-state index contributed by atoms with van der Waals surface area (Å²) in [5, 5.41) is 8.26. The lowest BCUT2D eigenvalue weighted by molar-refractivity contribution is -0.00312. The summed E-state index contributed by atoms with van der Waals surface area (Å²) < 4.78 is 19.0. The third-order valence-corrected chi connectivity index (χ3v) is 7.20. The van der Waals surface area contributed by atoms with Gasteiger partial charge in [-0.15, -0.1) is 21.5 Å². The van der Waals surface area contributed by atoms with Gasteiger partial charge in [-0.1, -0.05) is 12.1 Å². The maximum Gasteiger partial charge on any atom is 0.264 e. The van der Waals surface area contributed by atoms with E-state index in [1.807, 2.05) is 17.9 Å². The van der Waals surface area contributed by atoms with E-state index < -0.39 is 5.54 Å². The van der Waals surface area contributed by atoms with Crippen LogP contribution in [0.15, 0.2) is 34.7 Å². The first kappa shape index (κ1) is 17.6. The zero-order valence-corrected chi connectivity index (χ0v) is 16.6. The molecule has 0 unspecified atom stereocenters. The number of rotatable bonds is 3. The molecule has 28 heavy (non-hydrogen) atoms. The van der Waals surface area contributed by atoms with Gasteiger partial charge in [0.25, 0.3) is 5.91 Å². The van der Waals surface area contributed by atoms with Gasteiger partial charge in [0.1, 0.15) is 11.4 Å². The molecule has 5 nitrogen and oxygen atoms in total. The Labute approximate surface area is 166 Å². The van der Waals surface area contributed by atoms with Crippen LogP contribution in [0.2, 0.25) is 0 Å². The zero-order chi connectivity index (χ0) is 19.5. The van der Waals surface area contributed by atoms with Crippen molar-refractivity contribution in [2.45, 2.75) is 38.6 Å². The van der Waals surface area contributed by atoms with E-state index in [4.69, 9.17) is 4.42 Å². The minimum Gasteiger partial charge on any atom is -0.423 e. The largest absolute Gasteiger partial charge is 0.423 e. The molecule has 0 radical (unpaired) electrons. The van der Waals surface area contributed by atoms with E-state index in [9.17, 15) is 9.18 Å². The molecule has 1 aromatic carbocycles. The molecule has 0 spiro atoms. The molecule has 2 aromatic heterocycles. The number of amides is 1. The molecule has 3 heterocycles. The van der Waals surface area contributed by atoms with Crippen LogP contribution in [0, 0.1) is 25.6 Å². The third kappa shape index (κ3) is 2.45. The number of halogens is 1. The number of aryl methyl sites for hydroxylation is 2. The van der Waals surface area contributed by atoms with E-state index in [2.05, 4.69) is 10.2 Å². The van der Waals surface area contributed by atoms with Gasteiger partial charge in [-0.2, -0.15) is 0 Å². The van der Waals surface area contributed by atoms with Crippen molar-refractivity contribution in [1.82, 2.24) is 15.1 Å². The second-order valence-corrected chi connectivity index (χ2v) is 8.88. The van der Waals surface area contributed by atoms with E-state index >= 15 is 0 Å². The molecule has 2 fully saturated rings. The molecule has 0 N–H and O–H groups in total. The van der Waals surface area contributed by atoms with Crippen molar-refractivity contribution in [3.63, 3.8) is 0 Å². The molecule has 1 amide bonds. The number of likely N-dealkylation sites (tertiary alicyclic amines) is 1. The molecule has 1 aliphatic carbocycles. The molecule has 7 heteroatoms. The molecular formula is C21H20FN3O2S. The van der Waals surface area contributed by atoms with Crippen molar-refractivity contribution in [3.8, 4) is 11.1 Å². The Bertz CT molecular complexity index is 1060. The fourth-order valence-electron chi connectivity index (χ4n) is 4.63. The summed E-state index contributed by atoms with van der Waals surface area (Å²) in [7, 11) is 0. The van der Waals surface area contributed by atoms with Crippen LogP contribution >= 0.6 is 11.3 Å². The Morgan fingerprint density at radius 1 is 1.25 bits per heavy atom. The summed E-state index contributed by atoms with van der Waals surface area (Å²) in [5.41, 5.74) is 1.44. The summed E-state index contributed by atoms with van der Waals surface area (Å²) >= 11 is 1.48. The van der Waals surface area contributed by atoms with Crippen molar-refractivity contribution in [3.05, 3.63) is 57.7 Å². The first-order valence-corrected chi connectivity index (χ1v) is 10.3. The topological polar surface area (TPSA) is 59.2 Å². The van der Waals surface area contributed by atoms with E-state index in [0.717, 1.165) is 35.3 Å². The number of thiophene rings is 1. The molecule has 1 saturated carbocycles. The molecular weight excluding hydrogens is 377 g/mol. The highest BCUT2D eigenvalue weighted by Crippen LogP contribution is 2.57. The highest BCUT2D eigenvalue weighted by atomic mass is 32.1. The summed E-state index contributed by atoms with van der Waals surface area (Å²) in [6.07, 6.45) is 2.90. The van der Waals surface area contributed by atoms with E-state index in [-0.39, 0.29) is 11.7 Å². The summed E-state index contributed by atoms with van der Waals surface area (Å²) in [4.78, 5) is 17.1. The lowest BCUT2D eigenvalue weighted by Gasteiger charge is -2.46. The Hall–Kier alpha value is -2.54. The number of carbonyl (C=O) groups excluding carboxylic acids is 1. The van der Waals surface area contributed by atoms with Crippen molar-refractivity contribution in [2.75, 3.05) is 6.54 Å². The molecule has 144 valence electrons. The summed E-state index contributed by atoms with van der Waals surface area (Å²) in [5.74, 6) is 1.23. The Morgan fingerprint density at radius 2 is 2.04 bits per heavy atom. The predicted molar refractivity (Wildman–Crippen MR) is 104 cm³/mol. The van der Waals surface area contributed by atoms with Crippen molar-refractivity contribution in [1.29, 1.82) is 0 Å². The third-order valence-electron chi connectivity index (χ3n) is 6.16. The van der Waals surface area contributed by atoms with Gasteiger partial charge >= 0.3 is 0 Å². The molecule has 3 aromatic rings. The standard InChI is InChI=1S/C21H20FN3O2S/c1-12-17(14-3-5-16(22)6-4-14)11-18(28-12)19(26)25-10-8-15-7-9-21(15,25)20-24-23-13(2)27-20/h3-6,11,15H,7-10H2,1-2H3/t15-,21-/m0/s1. The quantitative estimate of drug-likeness (QED) is 0.642. The summed E-state index contributed by atoms with van der Waals surface area (Å²) in [6.45, 7) is 4.47. The number of hydrogen-bond donors (Lipinski definition) is 0. The Balaban J connectivity index is 1.50. The SMILES string of the molecule is Cc1nnc([C@]23CC[C@H]2CCN3C(=O)c2cc(-c3ccc(F)cc3)c(C)s2)o1. The monoisotopic (exact) mass is 397 g/mol. The first-order valence-electron chi connectivity index (χ1n) is 9.48. The van der Waals surface area contributed by atoms with Crippen LogP contribution in [0.5, 0.6) is 0 Å². The Morgan fingerprint density at radius 3 is 2.68 bits per heavy atom. The van der Waals surface area contributed by atoms with Gasteiger partial charge in [-0.05, 0) is 61.4 Å². The van der Waals surface area contributed by atoms with Crippen LogP contribution in [-0.4, -0.2) is 27.5 Å². The number of fused-ring (bicyclic) bond motifs is 1. The fraction of sp³-hybridized carbons (Fsp3) is 0.381. The molecule has 5 rings (SSSR count). The molecule has 1 saturated heterocycles. The molecule has 2 atom stereocenters. The van der Waals surface area contributed by atoms with Gasteiger partial charge in [0.15, 0.2) is 0 Å².